The van der Waals surface area contributed by atoms with Crippen molar-refractivity contribution in [3.63, 3.8) is 0 Å². The summed E-state index contributed by atoms with van der Waals surface area (Å²) in [6.07, 6.45) is 3.33. The molecule has 7 heteroatoms. The van der Waals surface area contributed by atoms with Crippen molar-refractivity contribution in [1.82, 2.24) is 20.2 Å². The number of fused-ring (bicyclic) bond motifs is 1. The molecule has 1 aromatic carbocycles. The Bertz CT molecular complexity index is 762. The first-order chi connectivity index (χ1) is 9.72. The highest BCUT2D eigenvalue weighted by molar-refractivity contribution is 6.28. The van der Waals surface area contributed by atoms with Crippen LogP contribution in [0.15, 0.2) is 35.6 Å². The van der Waals surface area contributed by atoms with Crippen molar-refractivity contribution < 1.29 is 0 Å². The summed E-state index contributed by atoms with van der Waals surface area (Å²) in [5, 5.41) is 11.7. The number of nitrogens with zero attached hydrogens (tertiary/aromatic N) is 4. The quantitative estimate of drug-likeness (QED) is 0.441. The molecule has 2 heterocycles. The van der Waals surface area contributed by atoms with Gasteiger partial charge in [0.15, 0.2) is 11.5 Å². The molecule has 100 valence electrons. The predicted octanol–water partition coefficient (Wildman–Crippen LogP) is 2.76. The van der Waals surface area contributed by atoms with Gasteiger partial charge in [0.1, 0.15) is 0 Å². The van der Waals surface area contributed by atoms with E-state index in [1.165, 1.54) is 5.56 Å². The number of benzene rings is 1. The molecule has 6 nitrogen and oxygen atoms in total. The molecular formula is C13H11ClN6. The maximum absolute atomic E-state index is 5.83. The molecule has 0 radical (unpaired) electrons. The first-order valence-corrected chi connectivity index (χ1v) is 6.32. The minimum atomic E-state index is 0.134. The van der Waals surface area contributed by atoms with Crippen LogP contribution in [0.3, 0.4) is 0 Å². The number of anilines is 1. The normalized spacial score (nSPS) is 11.3. The number of rotatable bonds is 3. The fourth-order valence-corrected chi connectivity index (χ4v) is 1.88. The van der Waals surface area contributed by atoms with Gasteiger partial charge in [0.25, 0.3) is 0 Å². The number of aromatic nitrogens is 4. The molecule has 2 N–H and O–H groups in total. The summed E-state index contributed by atoms with van der Waals surface area (Å²) in [6, 6.07) is 8.02. The van der Waals surface area contributed by atoms with Gasteiger partial charge in [-0.25, -0.2) is 0 Å². The zero-order valence-electron chi connectivity index (χ0n) is 10.6. The highest BCUT2D eigenvalue weighted by atomic mass is 35.5. The number of H-pyrrole nitrogens is 1. The zero-order valence-corrected chi connectivity index (χ0v) is 11.4. The first kappa shape index (κ1) is 12.6. The van der Waals surface area contributed by atoms with Gasteiger partial charge in [-0.3, -0.25) is 10.5 Å². The van der Waals surface area contributed by atoms with E-state index in [-0.39, 0.29) is 5.28 Å². The molecule has 0 aliphatic carbocycles. The van der Waals surface area contributed by atoms with E-state index in [4.69, 9.17) is 11.6 Å². The summed E-state index contributed by atoms with van der Waals surface area (Å²) in [6.45, 7) is 2.04. The van der Waals surface area contributed by atoms with Crippen molar-refractivity contribution in [2.24, 2.45) is 5.10 Å². The van der Waals surface area contributed by atoms with Crippen LogP contribution in [0.5, 0.6) is 0 Å². The number of halogens is 1. The summed E-state index contributed by atoms with van der Waals surface area (Å²) in [5.74, 6) is 0.511. The van der Waals surface area contributed by atoms with E-state index < -0.39 is 0 Å². The van der Waals surface area contributed by atoms with Crippen LogP contribution in [0.4, 0.5) is 5.82 Å². The maximum Gasteiger partial charge on any atom is 0.226 e. The Kier molecular flexibility index (Phi) is 3.30. The third kappa shape index (κ3) is 2.60. The standard InChI is InChI=1S/C13H11ClN6/c1-8-2-4-9(5-3-8)6-15-19-11-10-7-16-20-12(10)18-13(14)17-11/h2-7H,1H3,(H2,16,17,18,19,20). The summed E-state index contributed by atoms with van der Waals surface area (Å²) in [4.78, 5) is 8.10. The van der Waals surface area contributed by atoms with E-state index >= 15 is 0 Å². The van der Waals surface area contributed by atoms with Crippen molar-refractivity contribution in [1.29, 1.82) is 0 Å². The first-order valence-electron chi connectivity index (χ1n) is 5.95. The average molecular weight is 287 g/mol. The van der Waals surface area contributed by atoms with Crippen LogP contribution in [-0.2, 0) is 0 Å². The molecule has 0 spiro atoms. The highest BCUT2D eigenvalue weighted by Crippen LogP contribution is 2.19. The molecular weight excluding hydrogens is 276 g/mol. The van der Waals surface area contributed by atoms with Crippen molar-refractivity contribution in [3.05, 3.63) is 46.9 Å². The van der Waals surface area contributed by atoms with Crippen molar-refractivity contribution >= 4 is 34.7 Å². The topological polar surface area (TPSA) is 78.9 Å². The monoisotopic (exact) mass is 286 g/mol. The second-order valence-corrected chi connectivity index (χ2v) is 4.59. The van der Waals surface area contributed by atoms with Gasteiger partial charge >= 0.3 is 0 Å². The lowest BCUT2D eigenvalue weighted by Gasteiger charge is -2.01. The molecule has 0 aliphatic rings. The second-order valence-electron chi connectivity index (χ2n) is 4.25. The van der Waals surface area contributed by atoms with Crippen LogP contribution in [0, 0.1) is 6.92 Å². The van der Waals surface area contributed by atoms with E-state index in [2.05, 4.69) is 30.7 Å². The van der Waals surface area contributed by atoms with E-state index in [9.17, 15) is 0 Å². The largest absolute Gasteiger partial charge is 0.261 e. The van der Waals surface area contributed by atoms with E-state index in [0.29, 0.717) is 11.5 Å². The molecule has 0 amide bonds. The minimum absolute atomic E-state index is 0.134. The Morgan fingerprint density at radius 2 is 2.05 bits per heavy atom. The van der Waals surface area contributed by atoms with Gasteiger partial charge in [0.2, 0.25) is 5.28 Å². The Balaban J connectivity index is 1.83. The molecule has 3 aromatic rings. The zero-order chi connectivity index (χ0) is 13.9. The van der Waals surface area contributed by atoms with Gasteiger partial charge in [0.05, 0.1) is 17.8 Å². The maximum atomic E-state index is 5.83. The number of aryl methyl sites for hydroxylation is 1. The fraction of sp³-hybridized carbons (Fsp3) is 0.0769. The van der Waals surface area contributed by atoms with Crippen molar-refractivity contribution in [3.8, 4) is 0 Å². The molecule has 0 saturated heterocycles. The van der Waals surface area contributed by atoms with E-state index in [0.717, 1.165) is 10.9 Å². The molecule has 0 atom stereocenters. The number of nitrogens with one attached hydrogen (secondary N) is 2. The van der Waals surface area contributed by atoms with Gasteiger partial charge < -0.3 is 0 Å². The predicted molar refractivity (Wildman–Crippen MR) is 79.1 cm³/mol. The van der Waals surface area contributed by atoms with Crippen LogP contribution in [0.2, 0.25) is 5.28 Å². The van der Waals surface area contributed by atoms with Crippen LogP contribution in [0.25, 0.3) is 11.0 Å². The number of hydrazone groups is 1. The van der Waals surface area contributed by atoms with Gasteiger partial charge in [-0.1, -0.05) is 29.8 Å². The second kappa shape index (κ2) is 5.26. The minimum Gasteiger partial charge on any atom is -0.261 e. The van der Waals surface area contributed by atoms with Gasteiger partial charge in [-0.15, -0.1) is 0 Å². The summed E-state index contributed by atoms with van der Waals surface area (Å²) >= 11 is 5.83. The summed E-state index contributed by atoms with van der Waals surface area (Å²) < 4.78 is 0. The van der Waals surface area contributed by atoms with Crippen LogP contribution >= 0.6 is 11.6 Å². The Hall–Kier alpha value is -2.47. The third-order valence-corrected chi connectivity index (χ3v) is 2.91. The third-order valence-electron chi connectivity index (χ3n) is 2.74. The number of hydrogen-bond donors (Lipinski definition) is 2. The summed E-state index contributed by atoms with van der Waals surface area (Å²) in [5.41, 5.74) is 5.62. The molecule has 0 bridgehead atoms. The smallest absolute Gasteiger partial charge is 0.226 e. The van der Waals surface area contributed by atoms with E-state index in [1.54, 1.807) is 12.4 Å². The lowest BCUT2D eigenvalue weighted by Crippen LogP contribution is -1.96. The van der Waals surface area contributed by atoms with Crippen LogP contribution in [-0.4, -0.2) is 26.4 Å². The molecule has 3 rings (SSSR count). The highest BCUT2D eigenvalue weighted by Gasteiger charge is 2.07. The van der Waals surface area contributed by atoms with Gasteiger partial charge in [-0.05, 0) is 24.1 Å². The van der Waals surface area contributed by atoms with Crippen molar-refractivity contribution in [2.45, 2.75) is 6.92 Å². The molecule has 0 unspecified atom stereocenters. The Labute approximate surface area is 119 Å². The number of aromatic amines is 1. The Morgan fingerprint density at radius 3 is 2.85 bits per heavy atom. The molecule has 20 heavy (non-hydrogen) atoms. The van der Waals surface area contributed by atoms with Crippen LogP contribution < -0.4 is 5.43 Å². The Morgan fingerprint density at radius 1 is 1.25 bits per heavy atom. The van der Waals surface area contributed by atoms with Crippen LogP contribution in [0.1, 0.15) is 11.1 Å². The SMILES string of the molecule is Cc1ccc(C=NNc2nc(Cl)nc3[nH]ncc23)cc1. The average Bonchev–Trinajstić information content (AvgIpc) is 2.89. The molecule has 2 aromatic heterocycles. The molecule has 0 fully saturated rings. The molecule has 0 aliphatic heterocycles. The fourth-order valence-electron chi connectivity index (χ4n) is 1.71. The van der Waals surface area contributed by atoms with Gasteiger partial charge in [0, 0.05) is 0 Å². The lowest BCUT2D eigenvalue weighted by molar-refractivity contribution is 1.09. The van der Waals surface area contributed by atoms with Crippen molar-refractivity contribution in [2.75, 3.05) is 5.43 Å². The number of hydrogen-bond acceptors (Lipinski definition) is 5. The van der Waals surface area contributed by atoms with E-state index in [1.807, 2.05) is 31.2 Å². The van der Waals surface area contributed by atoms with Gasteiger partial charge in [-0.2, -0.15) is 20.2 Å². The summed E-state index contributed by atoms with van der Waals surface area (Å²) in [7, 11) is 0. The lowest BCUT2D eigenvalue weighted by atomic mass is 10.2. The molecule has 0 saturated carbocycles.